The van der Waals surface area contributed by atoms with E-state index in [1.54, 1.807) is 24.3 Å². The van der Waals surface area contributed by atoms with Crippen molar-refractivity contribution in [2.45, 2.75) is 6.61 Å². The quantitative estimate of drug-likeness (QED) is 0.465. The van der Waals surface area contributed by atoms with Gasteiger partial charge in [0, 0.05) is 11.3 Å². The summed E-state index contributed by atoms with van der Waals surface area (Å²) in [5, 5.41) is 3.71. The van der Waals surface area contributed by atoms with Crippen molar-refractivity contribution in [1.82, 2.24) is 5.43 Å². The summed E-state index contributed by atoms with van der Waals surface area (Å²) in [7, 11) is 1.29. The van der Waals surface area contributed by atoms with Gasteiger partial charge in [-0.25, -0.2) is 5.43 Å². The number of carbonyl (C=O) groups excluding carboxylic acids is 1. The van der Waals surface area contributed by atoms with Crippen molar-refractivity contribution in [2.24, 2.45) is 5.10 Å². The van der Waals surface area contributed by atoms with E-state index in [0.717, 1.165) is 0 Å². The summed E-state index contributed by atoms with van der Waals surface area (Å²) in [5.41, 5.74) is 9.20. The van der Waals surface area contributed by atoms with Gasteiger partial charge in [-0.15, -0.1) is 0 Å². The van der Waals surface area contributed by atoms with Crippen molar-refractivity contribution in [3.63, 3.8) is 0 Å². The number of hydrazone groups is 1. The fourth-order valence-corrected chi connectivity index (χ4v) is 2.15. The smallest absolute Gasteiger partial charge is 0.387 e. The van der Waals surface area contributed by atoms with Crippen LogP contribution in [-0.2, 0) is 0 Å². The summed E-state index contributed by atoms with van der Waals surface area (Å²) in [6.45, 7) is -3.04. The van der Waals surface area contributed by atoms with E-state index in [9.17, 15) is 13.6 Å². The van der Waals surface area contributed by atoms with E-state index < -0.39 is 12.5 Å². The lowest BCUT2D eigenvalue weighted by molar-refractivity contribution is -0.0511. The number of anilines is 1. The number of benzene rings is 2. The molecule has 0 heterocycles. The van der Waals surface area contributed by atoms with Gasteiger partial charge in [-0.1, -0.05) is 11.6 Å². The topological polar surface area (TPSA) is 85.9 Å². The van der Waals surface area contributed by atoms with Gasteiger partial charge in [-0.2, -0.15) is 13.9 Å². The third kappa shape index (κ3) is 5.05. The van der Waals surface area contributed by atoms with Crippen LogP contribution < -0.4 is 20.6 Å². The van der Waals surface area contributed by atoms with Crippen molar-refractivity contribution < 1.29 is 23.0 Å². The summed E-state index contributed by atoms with van der Waals surface area (Å²) < 4.78 is 34.0. The Morgan fingerprint density at radius 2 is 2.00 bits per heavy atom. The van der Waals surface area contributed by atoms with Crippen molar-refractivity contribution in [3.05, 3.63) is 52.5 Å². The van der Waals surface area contributed by atoms with E-state index in [0.29, 0.717) is 16.8 Å². The molecule has 0 saturated carbocycles. The fourth-order valence-electron chi connectivity index (χ4n) is 1.88. The highest BCUT2D eigenvalue weighted by Gasteiger charge is 2.15. The number of hydrogen-bond acceptors (Lipinski definition) is 5. The number of nitrogens with two attached hydrogens (primary N) is 1. The Labute approximate surface area is 147 Å². The van der Waals surface area contributed by atoms with Crippen LogP contribution in [0.5, 0.6) is 11.5 Å². The first-order valence-electron chi connectivity index (χ1n) is 6.92. The number of nitrogens with zero attached hydrogens (tertiary/aromatic N) is 1. The molecule has 0 aliphatic rings. The molecule has 0 fully saturated rings. The Bertz CT molecular complexity index is 783. The molecule has 9 heteroatoms. The van der Waals surface area contributed by atoms with Crippen LogP contribution in [0.4, 0.5) is 14.5 Å². The molecule has 6 nitrogen and oxygen atoms in total. The average Bonchev–Trinajstić information content (AvgIpc) is 2.57. The molecule has 0 aromatic heterocycles. The molecule has 0 aliphatic heterocycles. The van der Waals surface area contributed by atoms with Crippen LogP contribution in [0.1, 0.15) is 15.9 Å². The second-order valence-electron chi connectivity index (χ2n) is 4.73. The third-order valence-corrected chi connectivity index (χ3v) is 3.29. The molecule has 2 aromatic carbocycles. The highest BCUT2D eigenvalue weighted by Crippen LogP contribution is 2.37. The maximum Gasteiger partial charge on any atom is 0.387 e. The van der Waals surface area contributed by atoms with Crippen molar-refractivity contribution in [2.75, 3.05) is 12.8 Å². The van der Waals surface area contributed by atoms with Gasteiger partial charge in [-0.3, -0.25) is 4.79 Å². The molecule has 2 aromatic rings. The Hall–Kier alpha value is -2.87. The number of hydrogen-bond donors (Lipinski definition) is 2. The number of amides is 1. The van der Waals surface area contributed by atoms with E-state index >= 15 is 0 Å². The van der Waals surface area contributed by atoms with E-state index in [4.69, 9.17) is 22.1 Å². The molecular formula is C16H14ClF2N3O3. The van der Waals surface area contributed by atoms with Gasteiger partial charge < -0.3 is 15.2 Å². The normalized spacial score (nSPS) is 10.9. The third-order valence-electron chi connectivity index (χ3n) is 3.01. The van der Waals surface area contributed by atoms with Crippen LogP contribution in [0.25, 0.3) is 0 Å². The second kappa shape index (κ2) is 8.29. The number of rotatable bonds is 6. The summed E-state index contributed by atoms with van der Waals surface area (Å²) in [6.07, 6.45) is 1.29. The molecule has 25 heavy (non-hydrogen) atoms. The zero-order valence-electron chi connectivity index (χ0n) is 13.0. The standard InChI is InChI=1S/C16H14ClF2N3O3/c1-24-13-7-9(6-12(17)14(13)25-16(18)19)8-21-22-15(23)10-2-4-11(20)5-3-10/h2-8,16H,20H2,1H3,(H,22,23)/b21-8-. The number of alkyl halides is 2. The van der Waals surface area contributed by atoms with Crippen LogP contribution in [0.2, 0.25) is 5.02 Å². The minimum atomic E-state index is -3.04. The van der Waals surface area contributed by atoms with Crippen molar-refractivity contribution >= 4 is 29.4 Å². The molecule has 0 atom stereocenters. The molecule has 3 N–H and O–H groups in total. The average molecular weight is 370 g/mol. The zero-order chi connectivity index (χ0) is 18.4. The van der Waals surface area contributed by atoms with Gasteiger partial charge in [0.2, 0.25) is 0 Å². The first-order valence-corrected chi connectivity index (χ1v) is 7.29. The largest absolute Gasteiger partial charge is 0.493 e. The van der Waals surface area contributed by atoms with Crippen LogP contribution >= 0.6 is 11.6 Å². The van der Waals surface area contributed by atoms with Crippen LogP contribution in [0.15, 0.2) is 41.5 Å². The van der Waals surface area contributed by atoms with Crippen LogP contribution in [0.3, 0.4) is 0 Å². The number of nitrogen functional groups attached to an aromatic ring is 1. The van der Waals surface area contributed by atoms with Gasteiger partial charge >= 0.3 is 6.61 Å². The highest BCUT2D eigenvalue weighted by molar-refractivity contribution is 6.32. The maximum atomic E-state index is 12.4. The SMILES string of the molecule is COc1cc(/C=N\NC(=O)c2ccc(N)cc2)cc(Cl)c1OC(F)F. The van der Waals surface area contributed by atoms with E-state index in [-0.39, 0.29) is 16.5 Å². The monoisotopic (exact) mass is 369 g/mol. The molecular weight excluding hydrogens is 356 g/mol. The number of halogens is 3. The molecule has 0 unspecified atom stereocenters. The van der Waals surface area contributed by atoms with Gasteiger partial charge in [0.1, 0.15) is 0 Å². The molecule has 0 saturated heterocycles. The molecule has 2 rings (SSSR count). The Morgan fingerprint density at radius 3 is 2.60 bits per heavy atom. The first-order chi connectivity index (χ1) is 11.9. The number of methoxy groups -OCH3 is 1. The zero-order valence-corrected chi connectivity index (χ0v) is 13.8. The van der Waals surface area contributed by atoms with Gasteiger partial charge in [0.05, 0.1) is 18.3 Å². The number of carbonyl (C=O) groups is 1. The van der Waals surface area contributed by atoms with Crippen LogP contribution in [0, 0.1) is 0 Å². The van der Waals surface area contributed by atoms with Gasteiger partial charge in [0.25, 0.3) is 5.91 Å². The summed E-state index contributed by atoms with van der Waals surface area (Å²) in [4.78, 5) is 11.9. The summed E-state index contributed by atoms with van der Waals surface area (Å²) in [5.74, 6) is -0.701. The number of nitrogens with one attached hydrogen (secondary N) is 1. The van der Waals surface area contributed by atoms with E-state index in [1.807, 2.05) is 0 Å². The lowest BCUT2D eigenvalue weighted by atomic mass is 10.2. The Balaban J connectivity index is 2.11. The Kier molecular flexibility index (Phi) is 6.13. The molecule has 132 valence electrons. The first kappa shape index (κ1) is 18.5. The predicted molar refractivity (Wildman–Crippen MR) is 90.6 cm³/mol. The lowest BCUT2D eigenvalue weighted by Gasteiger charge is -2.12. The fraction of sp³-hybridized carbons (Fsp3) is 0.125. The highest BCUT2D eigenvalue weighted by atomic mass is 35.5. The van der Waals surface area contributed by atoms with Crippen molar-refractivity contribution in [1.29, 1.82) is 0 Å². The molecule has 0 aliphatic carbocycles. The lowest BCUT2D eigenvalue weighted by Crippen LogP contribution is -2.17. The second-order valence-corrected chi connectivity index (χ2v) is 5.14. The van der Waals surface area contributed by atoms with Crippen molar-refractivity contribution in [3.8, 4) is 11.5 Å². The van der Waals surface area contributed by atoms with Gasteiger partial charge in [-0.05, 0) is 42.0 Å². The molecule has 0 radical (unpaired) electrons. The van der Waals surface area contributed by atoms with Gasteiger partial charge in [0.15, 0.2) is 11.5 Å². The maximum absolute atomic E-state index is 12.4. The molecule has 0 spiro atoms. The predicted octanol–water partition coefficient (Wildman–Crippen LogP) is 3.30. The van der Waals surface area contributed by atoms with E-state index in [1.165, 1.54) is 25.5 Å². The molecule has 0 bridgehead atoms. The Morgan fingerprint density at radius 1 is 1.32 bits per heavy atom. The molecule has 1 amide bonds. The summed E-state index contributed by atoms with van der Waals surface area (Å²) in [6, 6.07) is 9.02. The van der Waals surface area contributed by atoms with E-state index in [2.05, 4.69) is 15.3 Å². The minimum absolute atomic E-state index is 0.0131. The minimum Gasteiger partial charge on any atom is -0.493 e. The summed E-state index contributed by atoms with van der Waals surface area (Å²) >= 11 is 5.91. The number of ether oxygens (including phenoxy) is 2. The van der Waals surface area contributed by atoms with Crippen LogP contribution in [-0.4, -0.2) is 25.8 Å².